The molecule has 4 aliphatic rings. The molecule has 6 rings (SSSR count). The Labute approximate surface area is 213 Å². The predicted molar refractivity (Wildman–Crippen MR) is 144 cm³/mol. The second kappa shape index (κ2) is 11.9. The van der Waals surface area contributed by atoms with Crippen LogP contribution in [0.1, 0.15) is 75.3 Å². The molecule has 1 unspecified atom stereocenters. The summed E-state index contributed by atoms with van der Waals surface area (Å²) in [6, 6.07) is 19.9. The van der Waals surface area contributed by atoms with Crippen molar-refractivity contribution in [1.29, 1.82) is 0 Å². The molecule has 3 saturated heterocycles. The fourth-order valence-corrected chi connectivity index (χ4v) is 7.15. The third-order valence-corrected chi connectivity index (χ3v) is 9.24. The normalized spacial score (nSPS) is 27.2. The Kier molecular flexibility index (Phi) is 8.47. The summed E-state index contributed by atoms with van der Waals surface area (Å²) in [7, 11) is 0. The zero-order chi connectivity index (χ0) is 23.9. The van der Waals surface area contributed by atoms with Gasteiger partial charge in [-0.1, -0.05) is 68.7 Å². The smallest absolute Gasteiger partial charge is 0.119 e. The molecule has 0 spiro atoms. The van der Waals surface area contributed by atoms with Crippen LogP contribution < -0.4 is 4.74 Å². The Morgan fingerprint density at radius 3 is 2.37 bits per heavy atom. The molecular weight excluding hydrogens is 430 g/mol. The second-order valence-corrected chi connectivity index (χ2v) is 11.6. The summed E-state index contributed by atoms with van der Waals surface area (Å²) in [5.41, 5.74) is 2.90. The van der Waals surface area contributed by atoms with Gasteiger partial charge in [0.25, 0.3) is 0 Å². The summed E-state index contributed by atoms with van der Waals surface area (Å²) >= 11 is 0. The number of nitrogens with zero attached hydrogens (tertiary/aromatic N) is 1. The van der Waals surface area contributed by atoms with Crippen molar-refractivity contribution in [3.05, 3.63) is 65.7 Å². The van der Waals surface area contributed by atoms with Crippen LogP contribution in [0.2, 0.25) is 0 Å². The number of benzene rings is 2. The molecule has 0 amide bonds. The van der Waals surface area contributed by atoms with E-state index in [0.29, 0.717) is 12.0 Å². The average Bonchev–Trinajstić information content (AvgIpc) is 3.44. The van der Waals surface area contributed by atoms with Crippen molar-refractivity contribution in [3.8, 4) is 5.75 Å². The van der Waals surface area contributed by atoms with Crippen molar-refractivity contribution >= 4 is 0 Å². The van der Waals surface area contributed by atoms with E-state index in [4.69, 9.17) is 9.47 Å². The highest BCUT2D eigenvalue weighted by Gasteiger charge is 2.46. The largest absolute Gasteiger partial charge is 0.493 e. The van der Waals surface area contributed by atoms with Crippen LogP contribution in [-0.2, 0) is 11.2 Å². The van der Waals surface area contributed by atoms with E-state index in [9.17, 15) is 0 Å². The molecule has 1 aliphatic carbocycles. The number of aryl methyl sites for hydroxylation is 1. The van der Waals surface area contributed by atoms with Gasteiger partial charge >= 0.3 is 0 Å². The highest BCUT2D eigenvalue weighted by atomic mass is 16.5. The third kappa shape index (κ3) is 6.30. The lowest BCUT2D eigenvalue weighted by Crippen LogP contribution is -2.64. The highest BCUT2D eigenvalue weighted by Crippen LogP contribution is 2.40. The molecule has 3 heteroatoms. The standard InChI is InChI=1S/C32H46NO2/c1-2-9-26-14-16-30(17-15-26)34-23-8-20-33-21-18-29(19-22-33)32(24-33)35-25-31(28-12-6-7-13-28)27-10-4-3-5-11-27/h3-5,10-11,14-17,28-29,31-32H,2,6-9,12-13,18-25H2,1H3/q+1/t29?,31?,32-,33?/m1/s1. The van der Waals surface area contributed by atoms with Gasteiger partial charge in [-0.05, 0) is 48.4 Å². The van der Waals surface area contributed by atoms with Gasteiger partial charge < -0.3 is 14.0 Å². The van der Waals surface area contributed by atoms with Crippen molar-refractivity contribution < 1.29 is 14.0 Å². The van der Waals surface area contributed by atoms with Crippen LogP contribution in [0.5, 0.6) is 5.75 Å². The lowest BCUT2D eigenvalue weighted by Gasteiger charge is -2.52. The maximum atomic E-state index is 6.83. The summed E-state index contributed by atoms with van der Waals surface area (Å²) in [5, 5.41) is 0. The Morgan fingerprint density at radius 2 is 1.66 bits per heavy atom. The number of ether oxygens (including phenoxy) is 2. The van der Waals surface area contributed by atoms with Gasteiger partial charge in [0.1, 0.15) is 18.4 Å². The maximum Gasteiger partial charge on any atom is 0.119 e. The number of hydrogen-bond donors (Lipinski definition) is 0. The van der Waals surface area contributed by atoms with Gasteiger partial charge in [0.2, 0.25) is 0 Å². The van der Waals surface area contributed by atoms with Gasteiger partial charge in [-0.25, -0.2) is 0 Å². The summed E-state index contributed by atoms with van der Waals surface area (Å²) in [6.45, 7) is 9.07. The van der Waals surface area contributed by atoms with E-state index in [1.807, 2.05) is 0 Å². The second-order valence-electron chi connectivity index (χ2n) is 11.6. The molecular formula is C32H46NO2+. The number of rotatable bonds is 12. The topological polar surface area (TPSA) is 18.5 Å². The van der Waals surface area contributed by atoms with Crippen LogP contribution in [-0.4, -0.2) is 50.0 Å². The molecule has 3 heterocycles. The minimum Gasteiger partial charge on any atom is -0.493 e. The Balaban J connectivity index is 1.12. The maximum absolute atomic E-state index is 6.83. The van der Waals surface area contributed by atoms with Crippen LogP contribution in [0, 0.1) is 11.8 Å². The fourth-order valence-electron chi connectivity index (χ4n) is 7.15. The molecule has 2 atom stereocenters. The highest BCUT2D eigenvalue weighted by molar-refractivity contribution is 5.27. The van der Waals surface area contributed by atoms with E-state index in [-0.39, 0.29) is 0 Å². The fraction of sp³-hybridized carbons (Fsp3) is 0.625. The lowest BCUT2D eigenvalue weighted by atomic mass is 9.82. The monoisotopic (exact) mass is 476 g/mol. The predicted octanol–water partition coefficient (Wildman–Crippen LogP) is 7.01. The van der Waals surface area contributed by atoms with Gasteiger partial charge in [0.05, 0.1) is 32.8 Å². The van der Waals surface area contributed by atoms with E-state index >= 15 is 0 Å². The van der Waals surface area contributed by atoms with E-state index in [2.05, 4.69) is 61.5 Å². The summed E-state index contributed by atoms with van der Waals surface area (Å²) < 4.78 is 14.2. The van der Waals surface area contributed by atoms with Gasteiger partial charge in [-0.3, -0.25) is 0 Å². The molecule has 2 aromatic carbocycles. The molecule has 35 heavy (non-hydrogen) atoms. The first kappa shape index (κ1) is 24.8. The van der Waals surface area contributed by atoms with Gasteiger partial charge in [0, 0.05) is 31.1 Å². The molecule has 4 fully saturated rings. The van der Waals surface area contributed by atoms with Crippen molar-refractivity contribution in [2.75, 3.05) is 39.4 Å². The van der Waals surface area contributed by atoms with Crippen LogP contribution in [0.25, 0.3) is 0 Å². The Hall–Kier alpha value is -1.84. The lowest BCUT2D eigenvalue weighted by molar-refractivity contribution is -0.946. The van der Waals surface area contributed by atoms with Crippen LogP contribution in [0.15, 0.2) is 54.6 Å². The van der Waals surface area contributed by atoms with Crippen molar-refractivity contribution in [3.63, 3.8) is 0 Å². The summed E-state index contributed by atoms with van der Waals surface area (Å²) in [4.78, 5) is 0. The SMILES string of the molecule is CCCc1ccc(OCCC[N+]23CCC(CC2)[C@H](OCC(c2ccccc2)C2CCCC2)C3)cc1. The number of fused-ring (bicyclic) bond motifs is 3. The van der Waals surface area contributed by atoms with Crippen LogP contribution >= 0.6 is 0 Å². The molecule has 3 nitrogen and oxygen atoms in total. The van der Waals surface area contributed by atoms with E-state index in [0.717, 1.165) is 43.6 Å². The molecule has 2 aromatic rings. The van der Waals surface area contributed by atoms with Gasteiger partial charge in [0.15, 0.2) is 0 Å². The molecule has 0 radical (unpaired) electrons. The van der Waals surface area contributed by atoms with Crippen molar-refractivity contribution in [2.24, 2.45) is 11.8 Å². The molecule has 1 saturated carbocycles. The number of hydrogen-bond acceptors (Lipinski definition) is 2. The van der Waals surface area contributed by atoms with Crippen molar-refractivity contribution in [2.45, 2.75) is 76.7 Å². The van der Waals surface area contributed by atoms with E-state index in [1.165, 1.54) is 86.7 Å². The Bertz CT molecular complexity index is 882. The first-order valence-corrected chi connectivity index (χ1v) is 14.5. The number of quaternary nitrogens is 1. The zero-order valence-corrected chi connectivity index (χ0v) is 21.9. The quantitative estimate of drug-likeness (QED) is 0.242. The van der Waals surface area contributed by atoms with E-state index < -0.39 is 0 Å². The third-order valence-electron chi connectivity index (χ3n) is 9.24. The van der Waals surface area contributed by atoms with E-state index in [1.54, 1.807) is 0 Å². The minimum atomic E-state index is 0.442. The Morgan fingerprint density at radius 1 is 0.914 bits per heavy atom. The number of piperidine rings is 3. The molecule has 0 N–H and O–H groups in total. The summed E-state index contributed by atoms with van der Waals surface area (Å²) in [6.07, 6.45) is 12.1. The molecule has 0 aromatic heterocycles. The van der Waals surface area contributed by atoms with Crippen LogP contribution in [0.4, 0.5) is 0 Å². The first-order chi connectivity index (χ1) is 17.2. The van der Waals surface area contributed by atoms with Crippen LogP contribution in [0.3, 0.4) is 0 Å². The van der Waals surface area contributed by atoms with Gasteiger partial charge in [-0.2, -0.15) is 0 Å². The van der Waals surface area contributed by atoms with Crippen molar-refractivity contribution in [1.82, 2.24) is 0 Å². The summed E-state index contributed by atoms with van der Waals surface area (Å²) in [5.74, 6) is 3.16. The molecule has 3 aliphatic heterocycles. The first-order valence-electron chi connectivity index (χ1n) is 14.5. The minimum absolute atomic E-state index is 0.442. The molecule has 190 valence electrons. The molecule has 2 bridgehead atoms. The van der Waals surface area contributed by atoms with Gasteiger partial charge in [-0.15, -0.1) is 0 Å². The average molecular weight is 477 g/mol. The zero-order valence-electron chi connectivity index (χ0n) is 21.9.